The average molecular weight is 255 g/mol. The number of nitrogens with two attached hydrogens (primary N) is 1. The minimum atomic E-state index is 0.371. The van der Waals surface area contributed by atoms with E-state index in [2.05, 4.69) is 33.1 Å². The first-order valence-corrected chi connectivity index (χ1v) is 6.99. The van der Waals surface area contributed by atoms with Gasteiger partial charge in [0, 0.05) is 44.1 Å². The van der Waals surface area contributed by atoms with Gasteiger partial charge in [-0.05, 0) is 13.5 Å². The monoisotopic (exact) mass is 255 g/mol. The Bertz CT molecular complexity index is 353. The van der Waals surface area contributed by atoms with Gasteiger partial charge < -0.3 is 15.5 Å². The van der Waals surface area contributed by atoms with Gasteiger partial charge >= 0.3 is 0 Å². The fraction of sp³-hybridized carbons (Fsp3) is 0.818. The van der Waals surface area contributed by atoms with Gasteiger partial charge in [0.15, 0.2) is 0 Å². The van der Waals surface area contributed by atoms with Gasteiger partial charge in [-0.1, -0.05) is 6.92 Å². The van der Waals surface area contributed by atoms with Crippen LogP contribution in [0.25, 0.3) is 0 Å². The molecule has 1 aliphatic rings. The highest BCUT2D eigenvalue weighted by atomic mass is 32.1. The predicted molar refractivity (Wildman–Crippen MR) is 71.6 cm³/mol. The topological polar surface area (TPSA) is 58.3 Å². The second kappa shape index (κ2) is 5.75. The summed E-state index contributed by atoms with van der Waals surface area (Å²) >= 11 is 1.51. The Morgan fingerprint density at radius 2 is 2.29 bits per heavy atom. The van der Waals surface area contributed by atoms with Crippen LogP contribution in [0.3, 0.4) is 0 Å². The first-order valence-electron chi connectivity index (χ1n) is 6.22. The zero-order valence-corrected chi connectivity index (χ0v) is 11.4. The summed E-state index contributed by atoms with van der Waals surface area (Å²) in [5.41, 5.74) is 5.85. The summed E-state index contributed by atoms with van der Waals surface area (Å²) in [5.74, 6) is 0.974. The second-order valence-electron chi connectivity index (χ2n) is 4.59. The third-order valence-electron chi connectivity index (χ3n) is 3.13. The summed E-state index contributed by atoms with van der Waals surface area (Å²) in [6.07, 6.45) is 2.07. The van der Waals surface area contributed by atoms with E-state index in [0.29, 0.717) is 12.6 Å². The van der Waals surface area contributed by atoms with Gasteiger partial charge in [-0.15, -0.1) is 0 Å². The van der Waals surface area contributed by atoms with Crippen LogP contribution in [0.15, 0.2) is 0 Å². The molecule has 1 unspecified atom stereocenters. The van der Waals surface area contributed by atoms with Gasteiger partial charge in [0.1, 0.15) is 5.82 Å². The molecule has 1 aliphatic heterocycles. The van der Waals surface area contributed by atoms with Crippen LogP contribution in [0.1, 0.15) is 19.2 Å². The normalized spacial score (nSPS) is 22.1. The van der Waals surface area contributed by atoms with Crippen molar-refractivity contribution in [3.05, 3.63) is 5.82 Å². The molecule has 2 heterocycles. The zero-order chi connectivity index (χ0) is 12.3. The Labute approximate surface area is 107 Å². The van der Waals surface area contributed by atoms with E-state index in [4.69, 9.17) is 5.73 Å². The molecule has 0 saturated carbocycles. The van der Waals surface area contributed by atoms with Crippen molar-refractivity contribution in [2.45, 2.75) is 25.8 Å². The van der Waals surface area contributed by atoms with E-state index in [1.165, 1.54) is 11.5 Å². The third-order valence-corrected chi connectivity index (χ3v) is 3.93. The molecule has 0 aliphatic carbocycles. The molecule has 17 heavy (non-hydrogen) atoms. The van der Waals surface area contributed by atoms with Gasteiger partial charge in [0.05, 0.1) is 6.04 Å². The Kier molecular flexibility index (Phi) is 4.31. The fourth-order valence-corrected chi connectivity index (χ4v) is 2.96. The van der Waals surface area contributed by atoms with E-state index in [1.54, 1.807) is 0 Å². The van der Waals surface area contributed by atoms with Crippen LogP contribution in [0.4, 0.5) is 5.13 Å². The maximum absolute atomic E-state index is 5.85. The number of piperazine rings is 1. The van der Waals surface area contributed by atoms with Crippen LogP contribution in [0.2, 0.25) is 0 Å². The van der Waals surface area contributed by atoms with Gasteiger partial charge in [0.25, 0.3) is 0 Å². The number of aryl methyl sites for hydroxylation is 1. The van der Waals surface area contributed by atoms with Gasteiger partial charge in [-0.2, -0.15) is 4.37 Å². The first-order chi connectivity index (χ1) is 8.24. The van der Waals surface area contributed by atoms with Crippen molar-refractivity contribution in [2.75, 3.05) is 38.1 Å². The van der Waals surface area contributed by atoms with E-state index >= 15 is 0 Å². The Morgan fingerprint density at radius 1 is 1.47 bits per heavy atom. The van der Waals surface area contributed by atoms with Crippen LogP contribution < -0.4 is 10.6 Å². The van der Waals surface area contributed by atoms with E-state index < -0.39 is 0 Å². The number of hydrogen-bond acceptors (Lipinski definition) is 6. The molecule has 1 aromatic heterocycles. The Balaban J connectivity index is 2.08. The largest absolute Gasteiger partial charge is 0.340 e. The highest BCUT2D eigenvalue weighted by molar-refractivity contribution is 7.09. The van der Waals surface area contributed by atoms with Gasteiger partial charge in [-0.3, -0.25) is 0 Å². The summed E-state index contributed by atoms with van der Waals surface area (Å²) in [7, 11) is 2.14. The molecule has 5 nitrogen and oxygen atoms in total. The molecule has 0 spiro atoms. The molecule has 96 valence electrons. The molecule has 6 heteroatoms. The number of likely N-dealkylation sites (N-methyl/N-ethyl adjacent to an activating group) is 1. The second-order valence-corrected chi connectivity index (χ2v) is 5.32. The Hall–Kier alpha value is -0.720. The molecule has 0 amide bonds. The summed E-state index contributed by atoms with van der Waals surface area (Å²) in [6, 6.07) is 0.371. The van der Waals surface area contributed by atoms with Crippen LogP contribution >= 0.6 is 11.5 Å². The minimum Gasteiger partial charge on any atom is -0.340 e. The lowest BCUT2D eigenvalue weighted by Crippen LogP contribution is -2.55. The van der Waals surface area contributed by atoms with Crippen LogP contribution in [0.5, 0.6) is 0 Å². The average Bonchev–Trinajstić information content (AvgIpc) is 2.78. The quantitative estimate of drug-likeness (QED) is 0.852. The van der Waals surface area contributed by atoms with Crippen molar-refractivity contribution in [1.29, 1.82) is 0 Å². The van der Waals surface area contributed by atoms with Crippen LogP contribution in [-0.4, -0.2) is 53.5 Å². The van der Waals surface area contributed by atoms with E-state index in [-0.39, 0.29) is 0 Å². The van der Waals surface area contributed by atoms with Crippen molar-refractivity contribution in [1.82, 2.24) is 14.3 Å². The highest BCUT2D eigenvalue weighted by Gasteiger charge is 2.26. The maximum atomic E-state index is 5.85. The molecular formula is C11H21N5S. The molecule has 0 radical (unpaired) electrons. The lowest BCUT2D eigenvalue weighted by molar-refractivity contribution is 0.269. The third kappa shape index (κ3) is 2.94. The van der Waals surface area contributed by atoms with E-state index in [0.717, 1.165) is 43.4 Å². The standard InChI is InChI=1S/C11H21N5S/c1-3-4-10-13-11(17-14-10)16-6-5-15(2)8-9(16)7-12/h9H,3-8,12H2,1-2H3. The number of anilines is 1. The summed E-state index contributed by atoms with van der Waals surface area (Å²) < 4.78 is 4.40. The summed E-state index contributed by atoms with van der Waals surface area (Å²) in [4.78, 5) is 9.24. The van der Waals surface area contributed by atoms with Crippen LogP contribution in [-0.2, 0) is 6.42 Å². The number of hydrogen-bond donors (Lipinski definition) is 1. The minimum absolute atomic E-state index is 0.371. The van der Waals surface area contributed by atoms with E-state index in [1.807, 2.05) is 0 Å². The number of nitrogens with zero attached hydrogens (tertiary/aromatic N) is 4. The maximum Gasteiger partial charge on any atom is 0.205 e. The van der Waals surface area contributed by atoms with Crippen molar-refractivity contribution in [3.8, 4) is 0 Å². The smallest absolute Gasteiger partial charge is 0.205 e. The van der Waals surface area contributed by atoms with Crippen molar-refractivity contribution in [2.24, 2.45) is 5.73 Å². The van der Waals surface area contributed by atoms with Crippen LogP contribution in [0, 0.1) is 0 Å². The molecule has 1 atom stereocenters. The molecule has 1 saturated heterocycles. The molecular weight excluding hydrogens is 234 g/mol. The molecule has 2 N–H and O–H groups in total. The van der Waals surface area contributed by atoms with Gasteiger partial charge in [-0.25, -0.2) is 4.98 Å². The lowest BCUT2D eigenvalue weighted by atomic mass is 10.2. The summed E-state index contributed by atoms with van der Waals surface area (Å²) in [6.45, 7) is 5.91. The summed E-state index contributed by atoms with van der Waals surface area (Å²) in [5, 5.41) is 1.04. The van der Waals surface area contributed by atoms with Crippen molar-refractivity contribution in [3.63, 3.8) is 0 Å². The van der Waals surface area contributed by atoms with Crippen molar-refractivity contribution < 1.29 is 0 Å². The molecule has 2 rings (SSSR count). The van der Waals surface area contributed by atoms with Crippen molar-refractivity contribution >= 4 is 16.7 Å². The zero-order valence-electron chi connectivity index (χ0n) is 10.6. The molecule has 1 fully saturated rings. The predicted octanol–water partition coefficient (Wildman–Crippen LogP) is 0.570. The SMILES string of the molecule is CCCc1nsc(N2CCN(C)CC2CN)n1. The lowest BCUT2D eigenvalue weighted by Gasteiger charge is -2.39. The fourth-order valence-electron chi connectivity index (χ4n) is 2.15. The number of rotatable bonds is 4. The molecule has 0 aromatic carbocycles. The first kappa shape index (κ1) is 12.7. The highest BCUT2D eigenvalue weighted by Crippen LogP contribution is 2.22. The van der Waals surface area contributed by atoms with E-state index in [9.17, 15) is 0 Å². The van der Waals surface area contributed by atoms with Gasteiger partial charge in [0.2, 0.25) is 5.13 Å². The Morgan fingerprint density at radius 3 is 3.00 bits per heavy atom. The number of aromatic nitrogens is 2. The molecule has 1 aromatic rings. The molecule has 0 bridgehead atoms.